The lowest BCUT2D eigenvalue weighted by Crippen LogP contribution is -2.61. The van der Waals surface area contributed by atoms with Gasteiger partial charge in [0.05, 0.1) is 5.60 Å². The summed E-state index contributed by atoms with van der Waals surface area (Å²) in [4.78, 5) is 2.71. The highest BCUT2D eigenvalue weighted by Gasteiger charge is 2.47. The second-order valence-corrected chi connectivity index (χ2v) is 8.81. The molecule has 0 aromatic heterocycles. The van der Waals surface area contributed by atoms with Gasteiger partial charge in [0.25, 0.3) is 0 Å². The van der Waals surface area contributed by atoms with Gasteiger partial charge in [0.2, 0.25) is 0 Å². The quantitative estimate of drug-likeness (QED) is 0.863. The predicted octanol–water partition coefficient (Wildman–Crippen LogP) is 2.75. The first-order chi connectivity index (χ1) is 10.1. The Morgan fingerprint density at radius 3 is 2.71 bits per heavy atom. The van der Waals surface area contributed by atoms with E-state index >= 15 is 0 Å². The van der Waals surface area contributed by atoms with Gasteiger partial charge in [-0.25, -0.2) is 0 Å². The summed E-state index contributed by atoms with van der Waals surface area (Å²) in [6, 6.07) is 0.571. The molecule has 3 fully saturated rings. The van der Waals surface area contributed by atoms with Crippen molar-refractivity contribution in [1.29, 1.82) is 0 Å². The van der Waals surface area contributed by atoms with Gasteiger partial charge >= 0.3 is 0 Å². The van der Waals surface area contributed by atoms with Crippen molar-refractivity contribution in [3.05, 3.63) is 0 Å². The van der Waals surface area contributed by atoms with Gasteiger partial charge in [-0.15, -0.1) is 0 Å². The van der Waals surface area contributed by atoms with Gasteiger partial charge < -0.3 is 10.1 Å². The lowest BCUT2D eigenvalue weighted by molar-refractivity contribution is -0.0941. The zero-order valence-electron chi connectivity index (χ0n) is 14.0. The van der Waals surface area contributed by atoms with Crippen LogP contribution in [0.15, 0.2) is 0 Å². The summed E-state index contributed by atoms with van der Waals surface area (Å²) in [7, 11) is 2.16. The first kappa shape index (κ1) is 16.1. The molecule has 4 heteroatoms. The summed E-state index contributed by atoms with van der Waals surface area (Å²) >= 11 is 2.08. The molecule has 0 radical (unpaired) electrons. The van der Waals surface area contributed by atoms with E-state index < -0.39 is 0 Å². The van der Waals surface area contributed by atoms with E-state index in [-0.39, 0.29) is 11.1 Å². The fraction of sp³-hybridized carbons (Fsp3) is 1.00. The molecule has 3 atom stereocenters. The summed E-state index contributed by atoms with van der Waals surface area (Å²) < 4.78 is 6.23. The molecule has 0 bridgehead atoms. The molecule has 1 N–H and O–H groups in total. The van der Waals surface area contributed by atoms with E-state index in [9.17, 15) is 0 Å². The van der Waals surface area contributed by atoms with Crippen molar-refractivity contribution in [2.75, 3.05) is 38.2 Å². The number of nitrogens with zero attached hydrogens (tertiary/aromatic N) is 1. The number of nitrogens with one attached hydrogen (secondary N) is 1. The third kappa shape index (κ3) is 3.15. The maximum Gasteiger partial charge on any atom is 0.0783 e. The standard InChI is InChI=1S/C17H32N2OS/c1-16(2,19-8-4-5-9-19)15(18-3)14-6-10-20-17(12-14)7-11-21-13-17/h14-15,18H,4-13H2,1-3H3. The van der Waals surface area contributed by atoms with Crippen molar-refractivity contribution >= 4 is 11.8 Å². The minimum absolute atomic E-state index is 0.198. The average molecular weight is 313 g/mol. The lowest BCUT2D eigenvalue weighted by Gasteiger charge is -2.49. The van der Waals surface area contributed by atoms with E-state index in [1.807, 2.05) is 0 Å². The molecule has 0 amide bonds. The summed E-state index contributed by atoms with van der Waals surface area (Å²) in [5.74, 6) is 3.24. The topological polar surface area (TPSA) is 24.5 Å². The predicted molar refractivity (Wildman–Crippen MR) is 91.1 cm³/mol. The van der Waals surface area contributed by atoms with Crippen molar-refractivity contribution in [2.24, 2.45) is 5.92 Å². The van der Waals surface area contributed by atoms with Crippen LogP contribution in [0.5, 0.6) is 0 Å². The molecule has 0 aromatic rings. The number of likely N-dealkylation sites (N-methyl/N-ethyl adjacent to an activating group) is 1. The molecule has 0 aliphatic carbocycles. The molecule has 21 heavy (non-hydrogen) atoms. The molecule has 3 saturated heterocycles. The van der Waals surface area contributed by atoms with Crippen LogP contribution in [0.4, 0.5) is 0 Å². The second-order valence-electron chi connectivity index (χ2n) is 7.70. The van der Waals surface area contributed by atoms with Crippen molar-refractivity contribution in [2.45, 2.75) is 63.1 Å². The molecule has 0 aromatic carbocycles. The van der Waals surface area contributed by atoms with Crippen LogP contribution in [0.3, 0.4) is 0 Å². The average Bonchev–Trinajstić information content (AvgIpc) is 3.11. The summed E-state index contributed by atoms with van der Waals surface area (Å²) in [5, 5.41) is 3.69. The Bertz CT molecular complexity index is 349. The van der Waals surface area contributed by atoms with Crippen molar-refractivity contribution < 1.29 is 4.74 Å². The molecule has 3 aliphatic heterocycles. The number of ether oxygens (including phenoxy) is 1. The molecular weight excluding hydrogens is 280 g/mol. The molecule has 3 nitrogen and oxygen atoms in total. The van der Waals surface area contributed by atoms with Crippen LogP contribution in [0.1, 0.15) is 46.0 Å². The first-order valence-electron chi connectivity index (χ1n) is 8.71. The maximum atomic E-state index is 6.23. The van der Waals surface area contributed by atoms with Gasteiger partial charge in [0.1, 0.15) is 0 Å². The Morgan fingerprint density at radius 2 is 2.10 bits per heavy atom. The number of thioether (sulfide) groups is 1. The van der Waals surface area contributed by atoms with E-state index in [1.54, 1.807) is 0 Å². The van der Waals surface area contributed by atoms with Gasteiger partial charge in [-0.3, -0.25) is 4.90 Å². The Hall–Kier alpha value is 0.230. The second kappa shape index (κ2) is 6.38. The van der Waals surface area contributed by atoms with Crippen molar-refractivity contribution in [3.8, 4) is 0 Å². The monoisotopic (exact) mass is 312 g/mol. The van der Waals surface area contributed by atoms with Crippen LogP contribution in [-0.2, 0) is 4.74 Å². The fourth-order valence-electron chi connectivity index (χ4n) is 4.87. The molecule has 0 saturated carbocycles. The van der Waals surface area contributed by atoms with E-state index in [2.05, 4.69) is 42.9 Å². The number of hydrogen-bond acceptors (Lipinski definition) is 4. The van der Waals surface area contributed by atoms with E-state index in [0.29, 0.717) is 6.04 Å². The van der Waals surface area contributed by atoms with Gasteiger partial charge in [0.15, 0.2) is 0 Å². The van der Waals surface area contributed by atoms with E-state index in [4.69, 9.17) is 4.74 Å². The largest absolute Gasteiger partial charge is 0.374 e. The van der Waals surface area contributed by atoms with Crippen LogP contribution >= 0.6 is 11.8 Å². The highest BCUT2D eigenvalue weighted by molar-refractivity contribution is 7.99. The fourth-order valence-corrected chi connectivity index (χ4v) is 6.25. The molecular formula is C17H32N2OS. The molecule has 1 spiro atoms. The van der Waals surface area contributed by atoms with Gasteiger partial charge in [0, 0.05) is 23.9 Å². The normalized spacial score (nSPS) is 36.4. The van der Waals surface area contributed by atoms with Gasteiger partial charge in [-0.05, 0) is 77.8 Å². The number of likely N-dealkylation sites (tertiary alicyclic amines) is 1. The van der Waals surface area contributed by atoms with Crippen LogP contribution in [0.2, 0.25) is 0 Å². The minimum Gasteiger partial charge on any atom is -0.374 e. The number of rotatable bonds is 4. The number of hydrogen-bond donors (Lipinski definition) is 1. The smallest absolute Gasteiger partial charge is 0.0783 e. The van der Waals surface area contributed by atoms with E-state index in [0.717, 1.165) is 12.5 Å². The zero-order valence-corrected chi connectivity index (χ0v) is 14.8. The van der Waals surface area contributed by atoms with Crippen LogP contribution in [0, 0.1) is 5.92 Å². The summed E-state index contributed by atoms with van der Waals surface area (Å²) in [5.41, 5.74) is 0.448. The third-order valence-corrected chi connectivity index (χ3v) is 7.29. The van der Waals surface area contributed by atoms with Crippen molar-refractivity contribution in [1.82, 2.24) is 10.2 Å². The zero-order chi connectivity index (χ0) is 14.9. The SMILES string of the molecule is CNC(C1CCOC2(CCSC2)C1)C(C)(C)N1CCCC1. The lowest BCUT2D eigenvalue weighted by atomic mass is 9.74. The molecule has 3 unspecified atom stereocenters. The maximum absolute atomic E-state index is 6.23. The molecule has 3 heterocycles. The van der Waals surface area contributed by atoms with Gasteiger partial charge in [-0.1, -0.05) is 0 Å². The van der Waals surface area contributed by atoms with E-state index in [1.165, 1.54) is 56.7 Å². The highest BCUT2D eigenvalue weighted by atomic mass is 32.2. The highest BCUT2D eigenvalue weighted by Crippen LogP contribution is 2.43. The minimum atomic E-state index is 0.198. The third-order valence-electron chi connectivity index (χ3n) is 6.06. The van der Waals surface area contributed by atoms with Gasteiger partial charge in [-0.2, -0.15) is 11.8 Å². The molecule has 122 valence electrons. The Morgan fingerprint density at radius 1 is 1.33 bits per heavy atom. The summed E-state index contributed by atoms with van der Waals surface area (Å²) in [6.45, 7) is 8.40. The van der Waals surface area contributed by atoms with Crippen LogP contribution in [-0.4, -0.2) is 60.3 Å². The Kier molecular flexibility index (Phi) is 4.90. The molecule has 3 rings (SSSR count). The summed E-state index contributed by atoms with van der Waals surface area (Å²) in [6.07, 6.45) is 6.47. The van der Waals surface area contributed by atoms with Crippen LogP contribution in [0.25, 0.3) is 0 Å². The Balaban J connectivity index is 1.72. The van der Waals surface area contributed by atoms with Crippen molar-refractivity contribution in [3.63, 3.8) is 0 Å². The Labute approximate surface area is 134 Å². The molecule has 3 aliphatic rings. The first-order valence-corrected chi connectivity index (χ1v) is 9.87. The van der Waals surface area contributed by atoms with Crippen LogP contribution < -0.4 is 5.32 Å².